The predicted molar refractivity (Wildman–Crippen MR) is 199 cm³/mol. The summed E-state index contributed by atoms with van der Waals surface area (Å²) in [4.78, 5) is 0. The molecule has 2 rings (SSSR count). The number of benzene rings is 2. The molecule has 2 aromatic carbocycles. The topological polar surface area (TPSA) is 64.6 Å². The van der Waals surface area contributed by atoms with Gasteiger partial charge >= 0.3 is 0 Å². The molecular weight excluding hydrogens is 616 g/mol. The standard InChI is InChI=1S/C42H70O7/c1-7-13-15-23-29-41(45-31-9-3,46-32-10-4)39(43-35-37-25-19-17-20-26-37)49-40(44-36-38-27-21-18-22-28-38)42(47-33-11-5,48-34-12-6)30-24-16-14-8-2/h17-22,25-28,39-40H,7-16,23-24,29-36H2,1-6H3. The van der Waals surface area contributed by atoms with Gasteiger partial charge in [0.2, 0.25) is 24.2 Å². The Morgan fingerprint density at radius 2 is 0.776 bits per heavy atom. The monoisotopic (exact) mass is 687 g/mol. The quantitative estimate of drug-likeness (QED) is 0.0560. The van der Waals surface area contributed by atoms with Crippen molar-refractivity contribution in [1.82, 2.24) is 0 Å². The molecule has 0 spiro atoms. The molecule has 0 aliphatic heterocycles. The van der Waals surface area contributed by atoms with E-state index in [1.54, 1.807) is 0 Å². The Bertz CT molecular complexity index is 921. The smallest absolute Gasteiger partial charge is 0.220 e. The first-order valence-corrected chi connectivity index (χ1v) is 19.5. The van der Waals surface area contributed by atoms with Crippen LogP contribution in [-0.4, -0.2) is 50.6 Å². The van der Waals surface area contributed by atoms with E-state index in [-0.39, 0.29) is 0 Å². The summed E-state index contributed by atoms with van der Waals surface area (Å²) in [6, 6.07) is 20.4. The van der Waals surface area contributed by atoms with Gasteiger partial charge < -0.3 is 33.2 Å². The van der Waals surface area contributed by atoms with Crippen LogP contribution >= 0.6 is 0 Å². The third-order valence-corrected chi connectivity index (χ3v) is 8.41. The van der Waals surface area contributed by atoms with Gasteiger partial charge in [-0.25, -0.2) is 0 Å². The second-order valence-electron chi connectivity index (χ2n) is 13.0. The molecule has 0 amide bonds. The van der Waals surface area contributed by atoms with Crippen LogP contribution in [0.4, 0.5) is 0 Å². The fourth-order valence-electron chi connectivity index (χ4n) is 5.72. The van der Waals surface area contributed by atoms with Gasteiger partial charge in [-0.1, -0.05) is 141 Å². The zero-order chi connectivity index (χ0) is 35.5. The summed E-state index contributed by atoms with van der Waals surface area (Å²) in [6.45, 7) is 15.6. The van der Waals surface area contributed by atoms with Gasteiger partial charge in [-0.05, 0) is 49.7 Å². The van der Waals surface area contributed by atoms with Crippen molar-refractivity contribution in [3.63, 3.8) is 0 Å². The van der Waals surface area contributed by atoms with Crippen LogP contribution < -0.4 is 0 Å². The largest absolute Gasteiger partial charge is 0.346 e. The van der Waals surface area contributed by atoms with Crippen LogP contribution in [0.15, 0.2) is 60.7 Å². The molecule has 0 aliphatic rings. The van der Waals surface area contributed by atoms with E-state index in [0.717, 1.165) is 88.2 Å². The fraction of sp³-hybridized carbons (Fsp3) is 0.714. The van der Waals surface area contributed by atoms with E-state index < -0.39 is 24.2 Å². The molecule has 0 aliphatic carbocycles. The number of rotatable bonds is 32. The third-order valence-electron chi connectivity index (χ3n) is 8.41. The average Bonchev–Trinajstić information content (AvgIpc) is 3.14. The van der Waals surface area contributed by atoms with Gasteiger partial charge in [0, 0.05) is 39.3 Å². The minimum atomic E-state index is -1.15. The van der Waals surface area contributed by atoms with E-state index in [9.17, 15) is 0 Å². The van der Waals surface area contributed by atoms with Gasteiger partial charge in [0.15, 0.2) is 0 Å². The first kappa shape index (κ1) is 43.3. The molecule has 0 saturated carbocycles. The summed E-state index contributed by atoms with van der Waals surface area (Å²) in [5.74, 6) is -2.29. The molecule has 0 heterocycles. The van der Waals surface area contributed by atoms with Crippen LogP contribution in [0, 0.1) is 0 Å². The molecule has 2 unspecified atom stereocenters. The maximum absolute atomic E-state index is 7.18. The average molecular weight is 687 g/mol. The Morgan fingerprint density at radius 1 is 0.429 bits per heavy atom. The Morgan fingerprint density at radius 3 is 1.08 bits per heavy atom. The molecular formula is C42H70O7. The Labute approximate surface area is 299 Å². The minimum Gasteiger partial charge on any atom is -0.346 e. The minimum absolute atomic E-state index is 0.327. The molecule has 0 bridgehead atoms. The number of unbranched alkanes of at least 4 members (excludes halogenated alkanes) is 6. The second kappa shape index (κ2) is 26.9. The highest BCUT2D eigenvalue weighted by Crippen LogP contribution is 2.37. The lowest BCUT2D eigenvalue weighted by atomic mass is 10.0. The molecule has 2 aromatic rings. The summed E-state index contributed by atoms with van der Waals surface area (Å²) in [5.41, 5.74) is 2.08. The normalized spacial score (nSPS) is 13.5. The van der Waals surface area contributed by atoms with Crippen molar-refractivity contribution in [3.8, 4) is 0 Å². The maximum atomic E-state index is 7.18. The third kappa shape index (κ3) is 16.4. The summed E-state index contributed by atoms with van der Waals surface area (Å²) in [5, 5.41) is 0. The SMILES string of the molecule is CCCCCCC(OCCC)(OCCC)C(OCc1ccccc1)OC(OCc1ccccc1)C(CCCCCC)(OCCC)OCCC. The summed E-state index contributed by atoms with van der Waals surface area (Å²) < 4.78 is 47.8. The molecule has 0 aromatic heterocycles. The predicted octanol–water partition coefficient (Wildman–Crippen LogP) is 11.1. The van der Waals surface area contributed by atoms with E-state index in [0.29, 0.717) is 52.5 Å². The summed E-state index contributed by atoms with van der Waals surface area (Å²) in [6.07, 6.45) is 11.4. The molecule has 2 atom stereocenters. The lowest BCUT2D eigenvalue weighted by molar-refractivity contribution is -0.429. The Balaban J connectivity index is 2.69. The van der Waals surface area contributed by atoms with E-state index in [2.05, 4.69) is 65.8 Å². The van der Waals surface area contributed by atoms with Crippen molar-refractivity contribution in [2.75, 3.05) is 26.4 Å². The number of hydrogen-bond donors (Lipinski definition) is 0. The van der Waals surface area contributed by atoms with E-state index in [1.165, 1.54) is 0 Å². The Hall–Kier alpha value is -1.84. The highest BCUT2D eigenvalue weighted by Gasteiger charge is 2.50. The molecule has 0 fully saturated rings. The zero-order valence-corrected chi connectivity index (χ0v) is 31.9. The summed E-state index contributed by atoms with van der Waals surface area (Å²) >= 11 is 0. The van der Waals surface area contributed by atoms with Gasteiger partial charge in [-0.2, -0.15) is 0 Å². The van der Waals surface area contributed by atoms with Gasteiger partial charge in [0.05, 0.1) is 13.2 Å². The van der Waals surface area contributed by atoms with Crippen LogP contribution in [0.25, 0.3) is 0 Å². The second-order valence-corrected chi connectivity index (χ2v) is 13.0. The van der Waals surface area contributed by atoms with Crippen molar-refractivity contribution in [1.29, 1.82) is 0 Å². The van der Waals surface area contributed by atoms with Crippen LogP contribution in [0.1, 0.15) is 143 Å². The molecule has 7 nitrogen and oxygen atoms in total. The van der Waals surface area contributed by atoms with Gasteiger partial charge in [0.25, 0.3) is 0 Å². The van der Waals surface area contributed by atoms with Gasteiger partial charge in [-0.3, -0.25) is 0 Å². The van der Waals surface area contributed by atoms with E-state index in [4.69, 9.17) is 33.2 Å². The number of ether oxygens (including phenoxy) is 7. The lowest BCUT2D eigenvalue weighted by Gasteiger charge is -2.45. The van der Waals surface area contributed by atoms with Crippen molar-refractivity contribution < 1.29 is 33.2 Å². The molecule has 0 radical (unpaired) electrons. The molecule has 280 valence electrons. The van der Waals surface area contributed by atoms with Crippen molar-refractivity contribution in [2.24, 2.45) is 0 Å². The first-order chi connectivity index (χ1) is 24.0. The van der Waals surface area contributed by atoms with Crippen LogP contribution in [-0.2, 0) is 46.4 Å². The highest BCUT2D eigenvalue weighted by atomic mass is 16.8. The molecule has 0 saturated heterocycles. The molecule has 49 heavy (non-hydrogen) atoms. The van der Waals surface area contributed by atoms with Crippen LogP contribution in [0.2, 0.25) is 0 Å². The van der Waals surface area contributed by atoms with Crippen LogP contribution in [0.3, 0.4) is 0 Å². The van der Waals surface area contributed by atoms with Crippen LogP contribution in [0.5, 0.6) is 0 Å². The van der Waals surface area contributed by atoms with Gasteiger partial charge in [0.1, 0.15) is 0 Å². The first-order valence-electron chi connectivity index (χ1n) is 19.5. The highest BCUT2D eigenvalue weighted by molar-refractivity contribution is 5.14. The zero-order valence-electron chi connectivity index (χ0n) is 31.9. The maximum Gasteiger partial charge on any atom is 0.220 e. The van der Waals surface area contributed by atoms with Gasteiger partial charge in [-0.15, -0.1) is 0 Å². The Kier molecular flexibility index (Phi) is 23.8. The van der Waals surface area contributed by atoms with E-state index in [1.807, 2.05) is 36.4 Å². The van der Waals surface area contributed by atoms with Crippen molar-refractivity contribution >= 4 is 0 Å². The van der Waals surface area contributed by atoms with Crippen molar-refractivity contribution in [2.45, 2.75) is 169 Å². The van der Waals surface area contributed by atoms with E-state index >= 15 is 0 Å². The number of hydrogen-bond acceptors (Lipinski definition) is 7. The fourth-order valence-corrected chi connectivity index (χ4v) is 5.72. The lowest BCUT2D eigenvalue weighted by Crippen LogP contribution is -2.57. The summed E-state index contributed by atoms with van der Waals surface area (Å²) in [7, 11) is 0. The van der Waals surface area contributed by atoms with Crippen molar-refractivity contribution in [3.05, 3.63) is 71.8 Å². The molecule has 7 heteroatoms. The molecule has 0 N–H and O–H groups in total.